The number of pyridine rings is 2. The summed E-state index contributed by atoms with van der Waals surface area (Å²) >= 11 is 3.56. The number of aromatic nitrogens is 2. The number of nitrogens with zero attached hydrogens (tertiary/aromatic N) is 4. The lowest BCUT2D eigenvalue weighted by molar-refractivity contribution is 0.647. The van der Waals surface area contributed by atoms with Crippen LogP contribution in [0.5, 0.6) is 0 Å². The lowest BCUT2D eigenvalue weighted by atomic mass is 10.2. The van der Waals surface area contributed by atoms with Crippen LogP contribution in [0.25, 0.3) is 0 Å². The molecule has 6 heteroatoms. The van der Waals surface area contributed by atoms with E-state index in [1.54, 1.807) is 12.4 Å². The molecule has 0 spiro atoms. The summed E-state index contributed by atoms with van der Waals surface area (Å²) in [5.74, 6) is 1.01. The summed E-state index contributed by atoms with van der Waals surface area (Å²) < 4.78 is 1.04. The minimum absolute atomic E-state index is 0.736. The molecule has 3 rings (SSSR count). The van der Waals surface area contributed by atoms with Crippen molar-refractivity contribution in [1.82, 2.24) is 9.97 Å². The summed E-state index contributed by atoms with van der Waals surface area (Å²) in [7, 11) is 0. The van der Waals surface area contributed by atoms with Gasteiger partial charge in [0.1, 0.15) is 5.82 Å². The highest BCUT2D eigenvalue weighted by atomic mass is 79.9. The maximum Gasteiger partial charge on any atom is 0.142 e. The Kier molecular flexibility index (Phi) is 3.73. The molecule has 0 saturated carbocycles. The molecular formula is C14H16BrN5. The number of hydrogen-bond donors (Lipinski definition) is 1. The predicted molar refractivity (Wildman–Crippen MR) is 85.0 cm³/mol. The van der Waals surface area contributed by atoms with Crippen molar-refractivity contribution in [2.45, 2.75) is 0 Å². The van der Waals surface area contributed by atoms with Crippen molar-refractivity contribution >= 4 is 33.1 Å². The minimum atomic E-state index is 0.736. The zero-order valence-corrected chi connectivity index (χ0v) is 12.6. The third-order valence-electron chi connectivity index (χ3n) is 3.49. The quantitative estimate of drug-likeness (QED) is 0.912. The average Bonchev–Trinajstić information content (AvgIpc) is 2.49. The SMILES string of the molecule is Nc1cnccc1N1CCN(c2ncccc2Br)CC1. The van der Waals surface area contributed by atoms with E-state index in [4.69, 9.17) is 5.73 Å². The number of nitrogens with two attached hydrogens (primary N) is 1. The molecule has 2 aromatic rings. The Morgan fingerprint density at radius 2 is 1.80 bits per heavy atom. The summed E-state index contributed by atoms with van der Waals surface area (Å²) in [6.07, 6.45) is 5.32. The molecule has 0 bridgehead atoms. The standard InChI is InChI=1S/C14H16BrN5/c15-11-2-1-4-18-14(11)20-8-6-19(7-9-20)13-3-5-17-10-12(13)16/h1-5,10H,6-9,16H2. The molecule has 1 aliphatic heterocycles. The van der Waals surface area contributed by atoms with Crippen LogP contribution in [0.4, 0.5) is 17.2 Å². The van der Waals surface area contributed by atoms with Crippen molar-refractivity contribution in [2.24, 2.45) is 0 Å². The molecule has 2 aromatic heterocycles. The van der Waals surface area contributed by atoms with Crippen molar-refractivity contribution in [1.29, 1.82) is 0 Å². The number of hydrogen-bond acceptors (Lipinski definition) is 5. The Morgan fingerprint density at radius 3 is 2.50 bits per heavy atom. The summed E-state index contributed by atoms with van der Waals surface area (Å²) in [6, 6.07) is 5.93. The van der Waals surface area contributed by atoms with Crippen LogP contribution in [-0.2, 0) is 0 Å². The Hall–Kier alpha value is -1.82. The number of halogens is 1. The Balaban J connectivity index is 1.72. The number of nitrogen functional groups attached to an aromatic ring is 1. The van der Waals surface area contributed by atoms with E-state index >= 15 is 0 Å². The first-order valence-corrected chi connectivity index (χ1v) is 7.35. The van der Waals surface area contributed by atoms with Gasteiger partial charge in [0, 0.05) is 38.6 Å². The molecule has 0 unspecified atom stereocenters. The highest BCUT2D eigenvalue weighted by Crippen LogP contribution is 2.27. The van der Waals surface area contributed by atoms with Crippen LogP contribution in [0.2, 0.25) is 0 Å². The average molecular weight is 334 g/mol. The van der Waals surface area contributed by atoms with Gasteiger partial charge in [-0.25, -0.2) is 4.98 Å². The molecule has 1 fully saturated rings. The normalized spacial score (nSPS) is 15.4. The molecule has 1 saturated heterocycles. The predicted octanol–water partition coefficient (Wildman–Crippen LogP) is 2.15. The highest BCUT2D eigenvalue weighted by Gasteiger charge is 2.20. The van der Waals surface area contributed by atoms with E-state index in [9.17, 15) is 0 Å². The molecule has 0 atom stereocenters. The van der Waals surface area contributed by atoms with Gasteiger partial charge in [0.15, 0.2) is 0 Å². The molecule has 1 aliphatic rings. The Bertz CT molecular complexity index is 542. The fraction of sp³-hybridized carbons (Fsp3) is 0.286. The van der Waals surface area contributed by atoms with Gasteiger partial charge >= 0.3 is 0 Å². The van der Waals surface area contributed by atoms with E-state index in [0.717, 1.165) is 47.8 Å². The number of piperazine rings is 1. The molecule has 104 valence electrons. The van der Waals surface area contributed by atoms with Gasteiger partial charge in [-0.05, 0) is 34.1 Å². The highest BCUT2D eigenvalue weighted by molar-refractivity contribution is 9.10. The summed E-state index contributed by atoms with van der Waals surface area (Å²) in [5, 5.41) is 0. The van der Waals surface area contributed by atoms with Crippen molar-refractivity contribution in [3.05, 3.63) is 41.3 Å². The monoisotopic (exact) mass is 333 g/mol. The molecular weight excluding hydrogens is 318 g/mol. The van der Waals surface area contributed by atoms with Gasteiger partial charge in [-0.3, -0.25) is 4.98 Å². The van der Waals surface area contributed by atoms with Crippen molar-refractivity contribution in [2.75, 3.05) is 41.7 Å². The Labute approximate surface area is 126 Å². The van der Waals surface area contributed by atoms with E-state index in [1.807, 2.05) is 24.4 Å². The maximum absolute atomic E-state index is 5.98. The van der Waals surface area contributed by atoms with Gasteiger partial charge in [0.05, 0.1) is 22.0 Å². The summed E-state index contributed by atoms with van der Waals surface area (Å²) in [5.41, 5.74) is 7.79. The molecule has 3 heterocycles. The second kappa shape index (κ2) is 5.66. The third kappa shape index (κ3) is 2.56. The minimum Gasteiger partial charge on any atom is -0.396 e. The second-order valence-corrected chi connectivity index (χ2v) is 5.57. The molecule has 20 heavy (non-hydrogen) atoms. The first kappa shape index (κ1) is 13.2. The maximum atomic E-state index is 5.98. The molecule has 2 N–H and O–H groups in total. The Morgan fingerprint density at radius 1 is 1.05 bits per heavy atom. The summed E-state index contributed by atoms with van der Waals surface area (Å²) in [6.45, 7) is 3.71. The van der Waals surface area contributed by atoms with E-state index < -0.39 is 0 Å². The lowest BCUT2D eigenvalue weighted by Gasteiger charge is -2.37. The van der Waals surface area contributed by atoms with Gasteiger partial charge in [-0.2, -0.15) is 0 Å². The largest absolute Gasteiger partial charge is 0.396 e. The van der Waals surface area contributed by atoms with Crippen LogP contribution in [-0.4, -0.2) is 36.1 Å². The molecule has 5 nitrogen and oxygen atoms in total. The van der Waals surface area contributed by atoms with Crippen LogP contribution in [0.3, 0.4) is 0 Å². The van der Waals surface area contributed by atoms with E-state index in [2.05, 4.69) is 35.7 Å². The molecule has 0 aromatic carbocycles. The van der Waals surface area contributed by atoms with Gasteiger partial charge in [-0.15, -0.1) is 0 Å². The number of anilines is 3. The van der Waals surface area contributed by atoms with Crippen LogP contribution in [0.15, 0.2) is 41.3 Å². The lowest BCUT2D eigenvalue weighted by Crippen LogP contribution is -2.47. The zero-order chi connectivity index (χ0) is 13.9. The van der Waals surface area contributed by atoms with Crippen LogP contribution in [0.1, 0.15) is 0 Å². The fourth-order valence-corrected chi connectivity index (χ4v) is 2.96. The third-order valence-corrected chi connectivity index (χ3v) is 4.11. The molecule has 0 aliphatic carbocycles. The fourth-order valence-electron chi connectivity index (χ4n) is 2.46. The van der Waals surface area contributed by atoms with E-state index in [1.165, 1.54) is 0 Å². The topological polar surface area (TPSA) is 58.3 Å². The van der Waals surface area contributed by atoms with Crippen molar-refractivity contribution in [3.63, 3.8) is 0 Å². The van der Waals surface area contributed by atoms with Crippen LogP contribution >= 0.6 is 15.9 Å². The van der Waals surface area contributed by atoms with Crippen LogP contribution in [0, 0.1) is 0 Å². The van der Waals surface area contributed by atoms with Crippen LogP contribution < -0.4 is 15.5 Å². The van der Waals surface area contributed by atoms with Gasteiger partial charge in [0.25, 0.3) is 0 Å². The zero-order valence-electron chi connectivity index (χ0n) is 11.0. The summed E-state index contributed by atoms with van der Waals surface area (Å²) in [4.78, 5) is 13.1. The number of rotatable bonds is 2. The van der Waals surface area contributed by atoms with Gasteiger partial charge < -0.3 is 15.5 Å². The van der Waals surface area contributed by atoms with Gasteiger partial charge in [-0.1, -0.05) is 0 Å². The van der Waals surface area contributed by atoms with Gasteiger partial charge in [0.2, 0.25) is 0 Å². The first-order valence-electron chi connectivity index (χ1n) is 6.55. The van der Waals surface area contributed by atoms with Crippen molar-refractivity contribution < 1.29 is 0 Å². The van der Waals surface area contributed by atoms with E-state index in [0.29, 0.717) is 0 Å². The second-order valence-electron chi connectivity index (χ2n) is 4.72. The first-order chi connectivity index (χ1) is 9.75. The smallest absolute Gasteiger partial charge is 0.142 e. The molecule has 0 radical (unpaired) electrons. The molecule has 0 amide bonds. The van der Waals surface area contributed by atoms with E-state index in [-0.39, 0.29) is 0 Å². The van der Waals surface area contributed by atoms with Crippen molar-refractivity contribution in [3.8, 4) is 0 Å².